The monoisotopic (exact) mass is 194 g/mol. The second-order valence-corrected chi connectivity index (χ2v) is 3.92. The molecule has 1 aromatic carbocycles. The fourth-order valence-corrected chi connectivity index (χ4v) is 1.49. The average Bonchev–Trinajstić information content (AvgIpc) is 2.06. The number of aliphatic hydroxyl groups excluding tert-OH is 2. The Bertz CT molecular complexity index is 233. The molecule has 1 aromatic rings. The van der Waals surface area contributed by atoms with Gasteiger partial charge < -0.3 is 10.2 Å². The van der Waals surface area contributed by atoms with Gasteiger partial charge in [0.25, 0.3) is 0 Å². The van der Waals surface area contributed by atoms with Gasteiger partial charge in [-0.2, -0.15) is 0 Å². The Morgan fingerprint density at radius 2 is 1.14 bits per heavy atom. The molecule has 1 rings (SSSR count). The molecule has 0 amide bonds. The van der Waals surface area contributed by atoms with E-state index in [4.69, 9.17) is 0 Å². The Balaban J connectivity index is 2.59. The molecule has 0 saturated heterocycles. The smallest absolute Gasteiger partial charge is 0.0552 e. The maximum Gasteiger partial charge on any atom is 0.0552 e. The minimum atomic E-state index is -0.294. The average molecular weight is 194 g/mol. The summed E-state index contributed by atoms with van der Waals surface area (Å²) in [7, 11) is 0. The summed E-state index contributed by atoms with van der Waals surface area (Å²) in [6.45, 7) is 3.56. The van der Waals surface area contributed by atoms with Gasteiger partial charge in [-0.05, 0) is 37.8 Å². The van der Waals surface area contributed by atoms with E-state index in [2.05, 4.69) is 0 Å². The van der Waals surface area contributed by atoms with Crippen LogP contribution in [0.1, 0.15) is 25.0 Å². The van der Waals surface area contributed by atoms with Crippen LogP contribution >= 0.6 is 0 Å². The van der Waals surface area contributed by atoms with Crippen LogP contribution in [0.25, 0.3) is 0 Å². The van der Waals surface area contributed by atoms with E-state index in [0.717, 1.165) is 11.1 Å². The lowest BCUT2D eigenvalue weighted by molar-refractivity contribution is 0.194. The van der Waals surface area contributed by atoms with E-state index in [1.165, 1.54) is 0 Å². The van der Waals surface area contributed by atoms with Crippen molar-refractivity contribution in [2.45, 2.75) is 38.9 Å². The first-order valence-corrected chi connectivity index (χ1v) is 5.02. The number of aliphatic hydroxyl groups is 2. The maximum atomic E-state index is 9.18. The van der Waals surface area contributed by atoms with Crippen molar-refractivity contribution in [3.05, 3.63) is 35.4 Å². The zero-order valence-corrected chi connectivity index (χ0v) is 8.77. The Hall–Kier alpha value is -0.860. The SMILES string of the molecule is CC(O)Cc1ccc(CC(C)O)cc1. The Morgan fingerprint density at radius 3 is 1.36 bits per heavy atom. The van der Waals surface area contributed by atoms with Gasteiger partial charge in [0.2, 0.25) is 0 Å². The first-order valence-electron chi connectivity index (χ1n) is 5.02. The van der Waals surface area contributed by atoms with Gasteiger partial charge in [-0.15, -0.1) is 0 Å². The highest BCUT2D eigenvalue weighted by Crippen LogP contribution is 2.08. The van der Waals surface area contributed by atoms with Gasteiger partial charge in [-0.1, -0.05) is 24.3 Å². The normalized spacial score (nSPS) is 15.1. The highest BCUT2D eigenvalue weighted by Gasteiger charge is 2.01. The topological polar surface area (TPSA) is 40.5 Å². The van der Waals surface area contributed by atoms with Crippen LogP contribution in [0, 0.1) is 0 Å². The third-order valence-electron chi connectivity index (χ3n) is 2.09. The van der Waals surface area contributed by atoms with Crippen molar-refractivity contribution < 1.29 is 10.2 Å². The van der Waals surface area contributed by atoms with Crippen LogP contribution in [0.4, 0.5) is 0 Å². The second-order valence-electron chi connectivity index (χ2n) is 3.92. The summed E-state index contributed by atoms with van der Waals surface area (Å²) >= 11 is 0. The number of hydrogen-bond donors (Lipinski definition) is 2. The van der Waals surface area contributed by atoms with Crippen LogP contribution in [-0.4, -0.2) is 22.4 Å². The van der Waals surface area contributed by atoms with Gasteiger partial charge in [0.15, 0.2) is 0 Å². The van der Waals surface area contributed by atoms with Crippen molar-refractivity contribution in [1.82, 2.24) is 0 Å². The Kier molecular flexibility index (Phi) is 4.11. The molecule has 2 unspecified atom stereocenters. The van der Waals surface area contributed by atoms with Crippen LogP contribution < -0.4 is 0 Å². The lowest BCUT2D eigenvalue weighted by atomic mass is 10.0. The molecule has 0 bridgehead atoms. The molecular weight excluding hydrogens is 176 g/mol. The molecule has 0 aromatic heterocycles. The maximum absolute atomic E-state index is 9.18. The van der Waals surface area contributed by atoms with Crippen LogP contribution in [0.3, 0.4) is 0 Å². The molecule has 0 spiro atoms. The lowest BCUT2D eigenvalue weighted by Crippen LogP contribution is -2.06. The summed E-state index contributed by atoms with van der Waals surface area (Å²) in [6.07, 6.45) is 0.791. The fourth-order valence-electron chi connectivity index (χ4n) is 1.49. The molecule has 0 aliphatic heterocycles. The summed E-state index contributed by atoms with van der Waals surface area (Å²) in [5, 5.41) is 18.4. The molecular formula is C12H18O2. The van der Waals surface area contributed by atoms with Crippen LogP contribution in [0.2, 0.25) is 0 Å². The van der Waals surface area contributed by atoms with E-state index in [0.29, 0.717) is 12.8 Å². The highest BCUT2D eigenvalue weighted by molar-refractivity contribution is 5.23. The largest absolute Gasteiger partial charge is 0.393 e. The highest BCUT2D eigenvalue weighted by atomic mass is 16.3. The zero-order valence-electron chi connectivity index (χ0n) is 8.77. The first-order chi connectivity index (χ1) is 6.58. The van der Waals surface area contributed by atoms with Gasteiger partial charge in [-0.3, -0.25) is 0 Å². The van der Waals surface area contributed by atoms with E-state index in [-0.39, 0.29) is 12.2 Å². The molecule has 0 aliphatic carbocycles. The molecule has 2 N–H and O–H groups in total. The summed E-state index contributed by atoms with van der Waals surface area (Å²) in [5.74, 6) is 0. The predicted molar refractivity (Wildman–Crippen MR) is 57.2 cm³/mol. The number of benzene rings is 1. The van der Waals surface area contributed by atoms with Crippen molar-refractivity contribution in [2.24, 2.45) is 0 Å². The number of hydrogen-bond acceptors (Lipinski definition) is 2. The minimum absolute atomic E-state index is 0.294. The van der Waals surface area contributed by atoms with Gasteiger partial charge in [-0.25, -0.2) is 0 Å². The summed E-state index contributed by atoms with van der Waals surface area (Å²) in [6, 6.07) is 8.02. The van der Waals surface area contributed by atoms with Crippen molar-refractivity contribution in [2.75, 3.05) is 0 Å². The molecule has 2 nitrogen and oxygen atoms in total. The van der Waals surface area contributed by atoms with E-state index in [1.807, 2.05) is 24.3 Å². The van der Waals surface area contributed by atoms with Crippen molar-refractivity contribution in [1.29, 1.82) is 0 Å². The van der Waals surface area contributed by atoms with Gasteiger partial charge in [0.05, 0.1) is 12.2 Å². The fraction of sp³-hybridized carbons (Fsp3) is 0.500. The van der Waals surface area contributed by atoms with E-state index in [9.17, 15) is 10.2 Å². The third-order valence-corrected chi connectivity index (χ3v) is 2.09. The summed E-state index contributed by atoms with van der Waals surface area (Å²) in [4.78, 5) is 0. The lowest BCUT2D eigenvalue weighted by Gasteiger charge is -2.07. The predicted octanol–water partition coefficient (Wildman–Crippen LogP) is 1.53. The standard InChI is InChI=1S/C12H18O2/c1-9(13)7-11-3-5-12(6-4-11)8-10(2)14/h3-6,9-10,13-14H,7-8H2,1-2H3. The Labute approximate surface area is 85.2 Å². The summed E-state index contributed by atoms with van der Waals surface area (Å²) < 4.78 is 0. The van der Waals surface area contributed by atoms with Gasteiger partial charge in [0, 0.05) is 0 Å². The molecule has 0 heterocycles. The van der Waals surface area contributed by atoms with E-state index >= 15 is 0 Å². The minimum Gasteiger partial charge on any atom is -0.393 e. The summed E-state index contributed by atoms with van der Waals surface area (Å²) in [5.41, 5.74) is 2.27. The molecule has 0 fully saturated rings. The van der Waals surface area contributed by atoms with Gasteiger partial charge in [0.1, 0.15) is 0 Å². The first kappa shape index (κ1) is 11.2. The molecule has 2 atom stereocenters. The molecule has 78 valence electrons. The molecule has 0 saturated carbocycles. The van der Waals surface area contributed by atoms with Crippen LogP contribution in [-0.2, 0) is 12.8 Å². The zero-order chi connectivity index (χ0) is 10.6. The van der Waals surface area contributed by atoms with E-state index < -0.39 is 0 Å². The van der Waals surface area contributed by atoms with Crippen molar-refractivity contribution >= 4 is 0 Å². The quantitative estimate of drug-likeness (QED) is 0.763. The van der Waals surface area contributed by atoms with E-state index in [1.54, 1.807) is 13.8 Å². The molecule has 14 heavy (non-hydrogen) atoms. The van der Waals surface area contributed by atoms with Crippen LogP contribution in [0.5, 0.6) is 0 Å². The van der Waals surface area contributed by atoms with Crippen molar-refractivity contribution in [3.63, 3.8) is 0 Å². The van der Waals surface area contributed by atoms with Crippen LogP contribution in [0.15, 0.2) is 24.3 Å². The second kappa shape index (κ2) is 5.13. The third kappa shape index (κ3) is 3.90. The number of rotatable bonds is 4. The molecule has 0 aliphatic rings. The molecule has 0 radical (unpaired) electrons. The van der Waals surface area contributed by atoms with Gasteiger partial charge >= 0.3 is 0 Å². The Morgan fingerprint density at radius 1 is 0.857 bits per heavy atom. The van der Waals surface area contributed by atoms with Crippen molar-refractivity contribution in [3.8, 4) is 0 Å². The molecule has 2 heteroatoms.